The topological polar surface area (TPSA) is 52.6 Å². The summed E-state index contributed by atoms with van der Waals surface area (Å²) in [7, 11) is 0. The molecule has 1 unspecified atom stereocenters. The predicted octanol–water partition coefficient (Wildman–Crippen LogP) is 6.44. The Labute approximate surface area is 199 Å². The molecule has 0 aliphatic carbocycles. The van der Waals surface area contributed by atoms with Crippen molar-refractivity contribution >= 4 is 11.9 Å². The van der Waals surface area contributed by atoms with Gasteiger partial charge in [-0.25, -0.2) is 9.59 Å². The summed E-state index contributed by atoms with van der Waals surface area (Å²) in [6.45, 7) is 2.06. The molecule has 0 aliphatic heterocycles. The van der Waals surface area contributed by atoms with Crippen LogP contribution < -0.4 is 0 Å². The lowest BCUT2D eigenvalue weighted by atomic mass is 9.88. The zero-order chi connectivity index (χ0) is 31.1. The van der Waals surface area contributed by atoms with Crippen LogP contribution in [0.4, 0.5) is 74.6 Å². The van der Waals surface area contributed by atoms with E-state index >= 15 is 0 Å². The molecule has 0 bridgehead atoms. The second-order valence-electron chi connectivity index (χ2n) is 7.47. The van der Waals surface area contributed by atoms with Gasteiger partial charge in [-0.1, -0.05) is 0 Å². The number of esters is 2. The molecule has 4 nitrogen and oxygen atoms in total. The Morgan fingerprint density at radius 3 is 1.11 bits per heavy atom. The zero-order valence-corrected chi connectivity index (χ0v) is 18.4. The van der Waals surface area contributed by atoms with Gasteiger partial charge in [-0.3, -0.25) is 0 Å². The molecule has 0 N–H and O–H groups in total. The van der Waals surface area contributed by atoms with Crippen molar-refractivity contribution in [3.8, 4) is 0 Å². The van der Waals surface area contributed by atoms with Gasteiger partial charge in [0.25, 0.3) is 0 Å². The first-order chi connectivity index (χ1) is 16.4. The lowest BCUT2D eigenvalue weighted by molar-refractivity contribution is -0.463. The fourth-order valence-corrected chi connectivity index (χ4v) is 2.13. The van der Waals surface area contributed by atoms with Gasteiger partial charge in [0.15, 0.2) is 6.10 Å². The second kappa shape index (κ2) is 10.2. The number of rotatable bonds is 11. The third kappa shape index (κ3) is 5.59. The highest BCUT2D eigenvalue weighted by molar-refractivity contribution is 5.91. The molecule has 0 aromatic carbocycles. The van der Waals surface area contributed by atoms with Crippen molar-refractivity contribution in [2.75, 3.05) is 0 Å². The number of carbonyl (C=O) groups excluding carboxylic acids is 2. The van der Waals surface area contributed by atoms with E-state index in [4.69, 9.17) is 0 Å². The summed E-state index contributed by atoms with van der Waals surface area (Å²) >= 11 is 0. The molecular formula is C17H13F17O4. The second-order valence-corrected chi connectivity index (χ2v) is 7.47. The maximum absolute atomic E-state index is 13.9. The first kappa shape index (κ1) is 35.5. The van der Waals surface area contributed by atoms with E-state index in [1.165, 1.54) is 13.8 Å². The number of alkyl halides is 17. The molecule has 0 amide bonds. The highest BCUT2D eigenvalue weighted by Crippen LogP contribution is 2.64. The third-order valence-electron chi connectivity index (χ3n) is 4.26. The van der Waals surface area contributed by atoms with Crippen LogP contribution in [0, 0.1) is 0 Å². The standard InChI is InChI=1S/C17H13F17O4/c1-6(2)37-8(35)4-5-9(36)38-7(3)10(18,19)11(20,21)12(22,23)13(24,25)14(26,27)15(28,29)16(30,31)17(32,33)34/h4-7H,1-3H3. The fourth-order valence-electron chi connectivity index (χ4n) is 2.13. The van der Waals surface area contributed by atoms with E-state index < -0.39 is 78.7 Å². The van der Waals surface area contributed by atoms with Gasteiger partial charge < -0.3 is 9.47 Å². The molecule has 0 spiro atoms. The van der Waals surface area contributed by atoms with Crippen LogP contribution >= 0.6 is 0 Å². The largest absolute Gasteiger partial charge is 0.460 e. The smallest absolute Gasteiger partial charge is 0.460 e. The first-order valence-electron chi connectivity index (χ1n) is 9.18. The first-order valence-corrected chi connectivity index (χ1v) is 9.18. The minimum Gasteiger partial charge on any atom is -0.460 e. The number of carbonyl (C=O) groups is 2. The quantitative estimate of drug-likeness (QED) is 0.155. The Morgan fingerprint density at radius 1 is 0.500 bits per heavy atom. The third-order valence-corrected chi connectivity index (χ3v) is 4.26. The molecule has 0 fully saturated rings. The van der Waals surface area contributed by atoms with Crippen LogP contribution in [-0.2, 0) is 19.1 Å². The highest BCUT2D eigenvalue weighted by Gasteiger charge is 2.95. The van der Waals surface area contributed by atoms with Crippen molar-refractivity contribution in [3.05, 3.63) is 12.2 Å². The lowest BCUT2D eigenvalue weighted by Gasteiger charge is -2.43. The van der Waals surface area contributed by atoms with Crippen molar-refractivity contribution < 1.29 is 93.7 Å². The summed E-state index contributed by atoms with van der Waals surface area (Å²) in [5, 5.41) is 0. The van der Waals surface area contributed by atoms with Crippen LogP contribution in [0.5, 0.6) is 0 Å². The molecule has 0 aromatic heterocycles. The van der Waals surface area contributed by atoms with Gasteiger partial charge in [0.1, 0.15) is 0 Å². The Hall–Kier alpha value is -2.51. The maximum Gasteiger partial charge on any atom is 0.460 e. The average Bonchev–Trinajstić information content (AvgIpc) is 2.69. The molecule has 224 valence electrons. The van der Waals surface area contributed by atoms with Crippen LogP contribution in [0.25, 0.3) is 0 Å². The minimum atomic E-state index is -8.76. The Kier molecular flexibility index (Phi) is 9.56. The SMILES string of the molecule is CC(C)OC(=O)C=CC(=O)OC(C)C(F)(F)C(F)(F)C(F)(F)C(F)(F)C(F)(F)C(F)(F)C(F)(F)C(F)(F)F. The average molecular weight is 604 g/mol. The summed E-state index contributed by atoms with van der Waals surface area (Å²) in [6, 6.07) is 0. The van der Waals surface area contributed by atoms with Gasteiger partial charge in [-0.15, -0.1) is 0 Å². The monoisotopic (exact) mass is 604 g/mol. The van der Waals surface area contributed by atoms with Crippen molar-refractivity contribution in [3.63, 3.8) is 0 Å². The molecule has 0 saturated carbocycles. The predicted molar refractivity (Wildman–Crippen MR) is 86.6 cm³/mol. The molecule has 0 saturated heterocycles. The maximum atomic E-state index is 13.9. The van der Waals surface area contributed by atoms with Gasteiger partial charge in [0.2, 0.25) is 0 Å². The van der Waals surface area contributed by atoms with Gasteiger partial charge >= 0.3 is 59.6 Å². The molecule has 1 atom stereocenters. The van der Waals surface area contributed by atoms with Crippen LogP contribution in [0.2, 0.25) is 0 Å². The molecule has 21 heteroatoms. The van der Waals surface area contributed by atoms with E-state index in [2.05, 4.69) is 9.47 Å². The van der Waals surface area contributed by atoms with E-state index in [0.29, 0.717) is 0 Å². The zero-order valence-electron chi connectivity index (χ0n) is 18.4. The summed E-state index contributed by atoms with van der Waals surface area (Å²) in [6.07, 6.45) is -12.8. The van der Waals surface area contributed by atoms with Gasteiger partial charge in [-0.2, -0.15) is 74.6 Å². The van der Waals surface area contributed by atoms with Crippen LogP contribution in [0.3, 0.4) is 0 Å². The van der Waals surface area contributed by atoms with Crippen molar-refractivity contribution in [1.29, 1.82) is 0 Å². The van der Waals surface area contributed by atoms with Gasteiger partial charge in [0, 0.05) is 12.2 Å². The normalized spacial score (nSPS) is 16.1. The van der Waals surface area contributed by atoms with E-state index in [9.17, 15) is 84.2 Å². The Bertz CT molecular complexity index is 905. The summed E-state index contributed by atoms with van der Waals surface area (Å²) in [5.41, 5.74) is 0. The van der Waals surface area contributed by atoms with E-state index in [0.717, 1.165) is 0 Å². The fraction of sp³-hybridized carbons (Fsp3) is 0.765. The summed E-state index contributed by atoms with van der Waals surface area (Å²) in [5.74, 6) is -61.5. The van der Waals surface area contributed by atoms with Gasteiger partial charge in [0.05, 0.1) is 6.10 Å². The minimum absolute atomic E-state index is 0.0948. The van der Waals surface area contributed by atoms with Crippen molar-refractivity contribution in [2.45, 2.75) is 80.6 Å². The molecule has 0 rings (SSSR count). The number of hydrogen-bond donors (Lipinski definition) is 0. The van der Waals surface area contributed by atoms with E-state index in [1.807, 2.05) is 0 Å². The van der Waals surface area contributed by atoms with Gasteiger partial charge in [-0.05, 0) is 20.8 Å². The van der Waals surface area contributed by atoms with Crippen LogP contribution in [0.1, 0.15) is 20.8 Å². The van der Waals surface area contributed by atoms with Crippen LogP contribution in [-0.4, -0.2) is 71.8 Å². The van der Waals surface area contributed by atoms with E-state index in [1.54, 1.807) is 0 Å². The molecule has 0 radical (unpaired) electrons. The number of ether oxygens (including phenoxy) is 2. The summed E-state index contributed by atoms with van der Waals surface area (Å²) in [4.78, 5) is 22.4. The molecule has 38 heavy (non-hydrogen) atoms. The highest BCUT2D eigenvalue weighted by atomic mass is 19.4. The molecule has 0 aromatic rings. The number of halogens is 17. The Morgan fingerprint density at radius 2 is 0.789 bits per heavy atom. The van der Waals surface area contributed by atoms with E-state index in [-0.39, 0.29) is 12.2 Å². The Balaban J connectivity index is 6.39. The molecule has 0 heterocycles. The van der Waals surface area contributed by atoms with Crippen molar-refractivity contribution in [2.24, 2.45) is 0 Å². The van der Waals surface area contributed by atoms with Crippen LogP contribution in [0.15, 0.2) is 12.2 Å². The molecular weight excluding hydrogens is 591 g/mol. The van der Waals surface area contributed by atoms with Crippen molar-refractivity contribution in [1.82, 2.24) is 0 Å². The molecule has 0 aliphatic rings. The number of hydrogen-bond acceptors (Lipinski definition) is 4. The lowest BCUT2D eigenvalue weighted by Crippen LogP contribution is -2.75. The summed E-state index contributed by atoms with van der Waals surface area (Å²) < 4.78 is 233.